The Morgan fingerprint density at radius 2 is 2.18 bits per heavy atom. The van der Waals surface area contributed by atoms with Gasteiger partial charge in [0.2, 0.25) is 0 Å². The number of carbonyl (C=O) groups is 1. The van der Waals surface area contributed by atoms with Crippen molar-refractivity contribution < 1.29 is 14.3 Å². The summed E-state index contributed by atoms with van der Waals surface area (Å²) in [7, 11) is 1.62. The molecule has 2 rings (SSSR count). The van der Waals surface area contributed by atoms with Crippen LogP contribution in [-0.2, 0) is 9.53 Å². The van der Waals surface area contributed by atoms with Crippen molar-refractivity contribution in [2.45, 2.75) is 13.3 Å². The molecule has 17 heavy (non-hydrogen) atoms. The van der Waals surface area contributed by atoms with Crippen LogP contribution < -0.4 is 10.1 Å². The molecule has 1 N–H and O–H groups in total. The average molecular weight is 233 g/mol. The normalized spacial score (nSPS) is 17.6. The standard InChI is InChI=1S/C13H15NO3/c1-9(10-7-8-17-13(10)15)14-11-5-3-4-6-12(11)16-2/h3-6,14H,7-8H2,1-2H3/b10-9-. The highest BCUT2D eigenvalue weighted by Crippen LogP contribution is 2.26. The zero-order chi connectivity index (χ0) is 12.3. The molecule has 1 fully saturated rings. The van der Waals surface area contributed by atoms with E-state index in [9.17, 15) is 4.79 Å². The maximum atomic E-state index is 11.4. The van der Waals surface area contributed by atoms with Crippen LogP contribution in [0.3, 0.4) is 0 Å². The van der Waals surface area contributed by atoms with Gasteiger partial charge in [0.25, 0.3) is 0 Å². The Morgan fingerprint density at radius 1 is 1.41 bits per heavy atom. The summed E-state index contributed by atoms with van der Waals surface area (Å²) in [4.78, 5) is 11.4. The van der Waals surface area contributed by atoms with Crippen molar-refractivity contribution in [3.63, 3.8) is 0 Å². The van der Waals surface area contributed by atoms with Crippen LogP contribution in [0.15, 0.2) is 35.5 Å². The summed E-state index contributed by atoms with van der Waals surface area (Å²) in [5.41, 5.74) is 2.37. The third kappa shape index (κ3) is 2.41. The summed E-state index contributed by atoms with van der Waals surface area (Å²) in [6.07, 6.45) is 0.660. The lowest BCUT2D eigenvalue weighted by molar-refractivity contribution is -0.135. The smallest absolute Gasteiger partial charge is 0.335 e. The second-order valence-corrected chi connectivity index (χ2v) is 3.81. The van der Waals surface area contributed by atoms with Gasteiger partial charge in [-0.25, -0.2) is 4.79 Å². The number of rotatable bonds is 3. The van der Waals surface area contributed by atoms with Crippen LogP contribution in [-0.4, -0.2) is 19.7 Å². The molecule has 1 saturated heterocycles. The Morgan fingerprint density at radius 3 is 2.82 bits per heavy atom. The number of methoxy groups -OCH3 is 1. The van der Waals surface area contributed by atoms with Crippen molar-refractivity contribution in [2.24, 2.45) is 0 Å². The van der Waals surface area contributed by atoms with Gasteiger partial charge in [0.15, 0.2) is 0 Å². The van der Waals surface area contributed by atoms with Gasteiger partial charge in [-0.15, -0.1) is 0 Å². The van der Waals surface area contributed by atoms with E-state index in [4.69, 9.17) is 9.47 Å². The summed E-state index contributed by atoms with van der Waals surface area (Å²) in [6.45, 7) is 2.34. The summed E-state index contributed by atoms with van der Waals surface area (Å²) >= 11 is 0. The molecule has 0 aliphatic carbocycles. The molecule has 0 radical (unpaired) electrons. The minimum Gasteiger partial charge on any atom is -0.495 e. The number of nitrogens with one attached hydrogen (secondary N) is 1. The largest absolute Gasteiger partial charge is 0.495 e. The van der Waals surface area contributed by atoms with Crippen molar-refractivity contribution >= 4 is 11.7 Å². The van der Waals surface area contributed by atoms with E-state index in [1.54, 1.807) is 7.11 Å². The fourth-order valence-electron chi connectivity index (χ4n) is 1.80. The first-order valence-electron chi connectivity index (χ1n) is 5.49. The van der Waals surface area contributed by atoms with E-state index in [2.05, 4.69) is 5.32 Å². The van der Waals surface area contributed by atoms with Gasteiger partial charge in [-0.1, -0.05) is 12.1 Å². The van der Waals surface area contributed by atoms with Gasteiger partial charge in [-0.3, -0.25) is 0 Å². The molecular weight excluding hydrogens is 218 g/mol. The van der Waals surface area contributed by atoms with Gasteiger partial charge < -0.3 is 14.8 Å². The summed E-state index contributed by atoms with van der Waals surface area (Å²) in [5.74, 6) is 0.517. The van der Waals surface area contributed by atoms with E-state index in [-0.39, 0.29) is 5.97 Å². The highest BCUT2D eigenvalue weighted by Gasteiger charge is 2.21. The minimum atomic E-state index is -0.232. The third-order valence-corrected chi connectivity index (χ3v) is 2.71. The van der Waals surface area contributed by atoms with Crippen molar-refractivity contribution in [1.82, 2.24) is 0 Å². The molecule has 90 valence electrons. The summed E-state index contributed by atoms with van der Waals surface area (Å²) in [6, 6.07) is 7.59. The van der Waals surface area contributed by atoms with E-state index < -0.39 is 0 Å². The third-order valence-electron chi connectivity index (χ3n) is 2.71. The number of hydrogen-bond acceptors (Lipinski definition) is 4. The van der Waals surface area contributed by atoms with Crippen LogP contribution >= 0.6 is 0 Å². The van der Waals surface area contributed by atoms with E-state index >= 15 is 0 Å². The Kier molecular flexibility index (Phi) is 3.32. The predicted molar refractivity (Wildman–Crippen MR) is 64.9 cm³/mol. The second-order valence-electron chi connectivity index (χ2n) is 3.81. The van der Waals surface area contributed by atoms with Crippen LogP contribution in [0.1, 0.15) is 13.3 Å². The molecule has 0 spiro atoms. The molecule has 1 aliphatic rings. The lowest BCUT2D eigenvalue weighted by atomic mass is 10.1. The molecule has 0 atom stereocenters. The Bertz CT molecular complexity index is 465. The monoisotopic (exact) mass is 233 g/mol. The van der Waals surface area contributed by atoms with Crippen LogP contribution in [0.5, 0.6) is 5.75 Å². The van der Waals surface area contributed by atoms with E-state index in [0.29, 0.717) is 18.6 Å². The average Bonchev–Trinajstić information content (AvgIpc) is 2.76. The molecule has 0 amide bonds. The van der Waals surface area contributed by atoms with Gasteiger partial charge in [0, 0.05) is 12.1 Å². The number of hydrogen-bond donors (Lipinski definition) is 1. The number of allylic oxidation sites excluding steroid dienone is 1. The highest BCUT2D eigenvalue weighted by atomic mass is 16.5. The van der Waals surface area contributed by atoms with E-state index in [0.717, 1.165) is 17.1 Å². The van der Waals surface area contributed by atoms with Crippen molar-refractivity contribution in [3.05, 3.63) is 35.5 Å². The topological polar surface area (TPSA) is 47.6 Å². The minimum absolute atomic E-state index is 0.232. The van der Waals surface area contributed by atoms with Crippen LogP contribution in [0.4, 0.5) is 5.69 Å². The predicted octanol–water partition coefficient (Wildman–Crippen LogP) is 2.33. The van der Waals surface area contributed by atoms with Gasteiger partial charge in [-0.2, -0.15) is 0 Å². The maximum absolute atomic E-state index is 11.4. The first-order valence-corrected chi connectivity index (χ1v) is 5.49. The highest BCUT2D eigenvalue weighted by molar-refractivity contribution is 5.91. The Balaban J connectivity index is 2.23. The number of benzene rings is 1. The molecule has 1 aliphatic heterocycles. The molecular formula is C13H15NO3. The molecule has 0 aromatic heterocycles. The number of para-hydroxylation sites is 2. The van der Waals surface area contributed by atoms with Crippen molar-refractivity contribution in [1.29, 1.82) is 0 Å². The lowest BCUT2D eigenvalue weighted by Crippen LogP contribution is -2.05. The molecule has 0 saturated carbocycles. The number of ether oxygens (including phenoxy) is 2. The molecule has 4 heteroatoms. The quantitative estimate of drug-likeness (QED) is 0.643. The number of anilines is 1. The van der Waals surface area contributed by atoms with Crippen LogP contribution in [0, 0.1) is 0 Å². The Labute approximate surface area is 100 Å². The molecule has 1 aromatic rings. The molecule has 0 unspecified atom stereocenters. The van der Waals surface area contributed by atoms with Crippen LogP contribution in [0.2, 0.25) is 0 Å². The molecule has 1 heterocycles. The van der Waals surface area contributed by atoms with Crippen molar-refractivity contribution in [2.75, 3.05) is 19.0 Å². The second kappa shape index (κ2) is 4.91. The fourth-order valence-corrected chi connectivity index (χ4v) is 1.80. The summed E-state index contributed by atoms with van der Waals surface area (Å²) < 4.78 is 10.1. The first kappa shape index (κ1) is 11.5. The van der Waals surface area contributed by atoms with Gasteiger partial charge >= 0.3 is 5.97 Å². The molecule has 0 bridgehead atoms. The fraction of sp³-hybridized carbons (Fsp3) is 0.308. The van der Waals surface area contributed by atoms with Crippen molar-refractivity contribution in [3.8, 4) is 5.75 Å². The van der Waals surface area contributed by atoms with Gasteiger partial charge in [0.05, 0.1) is 25.0 Å². The van der Waals surface area contributed by atoms with Crippen LogP contribution in [0.25, 0.3) is 0 Å². The lowest BCUT2D eigenvalue weighted by Gasteiger charge is -2.12. The van der Waals surface area contributed by atoms with Gasteiger partial charge in [-0.05, 0) is 19.1 Å². The zero-order valence-corrected chi connectivity index (χ0v) is 9.95. The Hall–Kier alpha value is -1.97. The number of cyclic esters (lactones) is 1. The molecule has 4 nitrogen and oxygen atoms in total. The number of carbonyl (C=O) groups excluding carboxylic acids is 1. The van der Waals surface area contributed by atoms with E-state index in [1.165, 1.54) is 0 Å². The van der Waals surface area contributed by atoms with Gasteiger partial charge in [0.1, 0.15) is 5.75 Å². The maximum Gasteiger partial charge on any atom is 0.335 e. The molecule has 1 aromatic carbocycles. The zero-order valence-electron chi connectivity index (χ0n) is 9.95. The van der Waals surface area contributed by atoms with E-state index in [1.807, 2.05) is 31.2 Å². The SMILES string of the molecule is COc1ccccc1N/C(C)=C1/CCOC1=O. The first-order chi connectivity index (χ1) is 8.22. The summed E-state index contributed by atoms with van der Waals surface area (Å²) in [5, 5.41) is 3.19. The number of esters is 1.